The van der Waals surface area contributed by atoms with Crippen molar-refractivity contribution in [2.24, 2.45) is 0 Å². The predicted molar refractivity (Wildman–Crippen MR) is 68.1 cm³/mol. The number of hydrogen-bond acceptors (Lipinski definition) is 8. The molecule has 0 amide bonds. The lowest BCUT2D eigenvalue weighted by atomic mass is 10.5. The van der Waals surface area contributed by atoms with Gasteiger partial charge in [0.05, 0.1) is 26.1 Å². The molecule has 0 spiro atoms. The Morgan fingerprint density at radius 3 is 0.682 bits per heavy atom. The summed E-state index contributed by atoms with van der Waals surface area (Å²) in [6.45, 7) is -2.09. The number of aliphatic hydroxyl groups excluding tert-OH is 4. The lowest BCUT2D eigenvalue weighted by Gasteiger charge is -1.80. The van der Waals surface area contributed by atoms with Gasteiger partial charge >= 0.3 is 23.9 Å². The topological polar surface area (TPSA) is 230 Å². The van der Waals surface area contributed by atoms with Crippen LogP contribution in [0.3, 0.4) is 0 Å². The molecule has 12 heteroatoms. The molecule has 22 heavy (non-hydrogen) atoms. The number of aliphatic carboxylic acids is 4. The molecule has 0 saturated carbocycles. The SMILES string of the molecule is O=C(O)CCO.O=C(O)CCO.O=C(O)CO.O=C(O)CO. The maximum absolute atomic E-state index is 9.44. The van der Waals surface area contributed by atoms with Gasteiger partial charge in [-0.1, -0.05) is 0 Å². The fourth-order valence-electron chi connectivity index (χ4n) is 0.191. The molecule has 0 aliphatic rings. The second-order valence-electron chi connectivity index (χ2n) is 2.84. The first-order chi connectivity index (χ1) is 10.1. The zero-order valence-corrected chi connectivity index (χ0v) is 11.5. The first-order valence-corrected chi connectivity index (χ1v) is 5.39. The Labute approximate surface area is 124 Å². The van der Waals surface area contributed by atoms with Gasteiger partial charge in [0.15, 0.2) is 0 Å². The van der Waals surface area contributed by atoms with Crippen LogP contribution >= 0.6 is 0 Å². The summed E-state index contributed by atoms with van der Waals surface area (Å²) in [6, 6.07) is 0. The highest BCUT2D eigenvalue weighted by Gasteiger charge is 1.89. The summed E-state index contributed by atoms with van der Waals surface area (Å²) in [5, 5.41) is 61.3. The first kappa shape index (κ1) is 28.0. The normalized spacial score (nSPS) is 7.82. The Balaban J connectivity index is -0.0000000986. The number of carboxylic acid groups (broad SMARTS) is 4. The van der Waals surface area contributed by atoms with Crippen molar-refractivity contribution in [2.45, 2.75) is 12.8 Å². The molecular formula is C10H20O12. The molecule has 0 aromatic rings. The van der Waals surface area contributed by atoms with Gasteiger partial charge in [-0.2, -0.15) is 0 Å². The van der Waals surface area contributed by atoms with Gasteiger partial charge in [0.1, 0.15) is 13.2 Å². The van der Waals surface area contributed by atoms with Gasteiger partial charge in [-0.25, -0.2) is 9.59 Å². The largest absolute Gasteiger partial charge is 0.481 e. The molecule has 0 aromatic heterocycles. The summed E-state index contributed by atoms with van der Waals surface area (Å²) in [4.78, 5) is 37.1. The van der Waals surface area contributed by atoms with Crippen LogP contribution in [-0.4, -0.2) is 91.2 Å². The highest BCUT2D eigenvalue weighted by Crippen LogP contribution is 1.70. The Kier molecular flexibility index (Phi) is 30.2. The van der Waals surface area contributed by atoms with Gasteiger partial charge in [-0.15, -0.1) is 0 Å². The number of carboxylic acids is 4. The van der Waals surface area contributed by atoms with Crippen LogP contribution in [-0.2, 0) is 19.2 Å². The van der Waals surface area contributed by atoms with Crippen molar-refractivity contribution in [3.63, 3.8) is 0 Å². The fraction of sp³-hybridized carbons (Fsp3) is 0.600. The minimum absolute atomic E-state index is 0.153. The quantitative estimate of drug-likeness (QED) is 0.244. The van der Waals surface area contributed by atoms with E-state index >= 15 is 0 Å². The predicted octanol–water partition coefficient (Wildman–Crippen LogP) is -2.97. The van der Waals surface area contributed by atoms with Gasteiger partial charge in [0.25, 0.3) is 0 Å². The minimum atomic E-state index is -1.19. The van der Waals surface area contributed by atoms with Crippen LogP contribution in [0.25, 0.3) is 0 Å². The molecule has 132 valence electrons. The third-order valence-electron chi connectivity index (χ3n) is 0.922. The van der Waals surface area contributed by atoms with Crippen molar-refractivity contribution >= 4 is 23.9 Å². The van der Waals surface area contributed by atoms with E-state index in [2.05, 4.69) is 0 Å². The van der Waals surface area contributed by atoms with E-state index in [1.165, 1.54) is 0 Å². The van der Waals surface area contributed by atoms with Crippen LogP contribution < -0.4 is 0 Å². The maximum Gasteiger partial charge on any atom is 0.329 e. The number of carbonyl (C=O) groups is 4. The Morgan fingerprint density at radius 2 is 0.682 bits per heavy atom. The second kappa shape index (κ2) is 23.8. The zero-order valence-electron chi connectivity index (χ0n) is 11.5. The summed E-state index contributed by atoms with van der Waals surface area (Å²) >= 11 is 0. The lowest BCUT2D eigenvalue weighted by molar-refractivity contribution is -0.141. The van der Waals surface area contributed by atoms with Crippen molar-refractivity contribution in [2.75, 3.05) is 26.4 Å². The Morgan fingerprint density at radius 1 is 0.500 bits per heavy atom. The molecule has 0 unspecified atom stereocenters. The smallest absolute Gasteiger partial charge is 0.329 e. The van der Waals surface area contributed by atoms with Gasteiger partial charge in [0.2, 0.25) is 0 Å². The van der Waals surface area contributed by atoms with Crippen molar-refractivity contribution < 1.29 is 60.0 Å². The Hall–Kier alpha value is -2.28. The molecule has 0 heterocycles. The van der Waals surface area contributed by atoms with E-state index in [-0.39, 0.29) is 26.1 Å². The summed E-state index contributed by atoms with van der Waals surface area (Å²) < 4.78 is 0. The van der Waals surface area contributed by atoms with Crippen LogP contribution in [0.1, 0.15) is 12.8 Å². The van der Waals surface area contributed by atoms with Crippen LogP contribution in [0.15, 0.2) is 0 Å². The molecule has 0 radical (unpaired) electrons. The molecule has 0 bridgehead atoms. The standard InChI is InChI=1S/2C3H6O3.2C2H4O3/c2*4-2-1-3(5)6;2*3-1-2(4)5/h2*4H,1-2H2,(H,5,6);2*3H,1H2,(H,4,5). The minimum Gasteiger partial charge on any atom is -0.481 e. The molecule has 0 aromatic carbocycles. The van der Waals surface area contributed by atoms with E-state index in [1.54, 1.807) is 0 Å². The van der Waals surface area contributed by atoms with Crippen LogP contribution in [0, 0.1) is 0 Å². The van der Waals surface area contributed by atoms with Crippen LogP contribution in [0.2, 0.25) is 0 Å². The zero-order chi connectivity index (χ0) is 18.6. The fourth-order valence-corrected chi connectivity index (χ4v) is 0.191. The number of hydrogen-bond donors (Lipinski definition) is 8. The summed E-state index contributed by atoms with van der Waals surface area (Å²) in [5.74, 6) is -4.30. The maximum atomic E-state index is 9.44. The highest BCUT2D eigenvalue weighted by molar-refractivity contribution is 5.68. The molecule has 0 saturated heterocycles. The second-order valence-corrected chi connectivity index (χ2v) is 2.84. The van der Waals surface area contributed by atoms with E-state index in [9.17, 15) is 9.59 Å². The number of aliphatic hydroxyl groups is 4. The monoisotopic (exact) mass is 332 g/mol. The third-order valence-corrected chi connectivity index (χ3v) is 0.922. The van der Waals surface area contributed by atoms with Crippen LogP contribution in [0.5, 0.6) is 0 Å². The molecule has 12 nitrogen and oxygen atoms in total. The molecular weight excluding hydrogens is 312 g/mol. The molecule has 0 atom stereocenters. The van der Waals surface area contributed by atoms with Crippen molar-refractivity contribution in [3.8, 4) is 0 Å². The molecule has 8 N–H and O–H groups in total. The highest BCUT2D eigenvalue weighted by atomic mass is 16.4. The van der Waals surface area contributed by atoms with Gasteiger partial charge in [-0.3, -0.25) is 9.59 Å². The van der Waals surface area contributed by atoms with Gasteiger partial charge in [0, 0.05) is 0 Å². The average Bonchev–Trinajstić information content (AvgIpc) is 2.40. The van der Waals surface area contributed by atoms with Crippen molar-refractivity contribution in [1.29, 1.82) is 0 Å². The van der Waals surface area contributed by atoms with E-state index in [1.807, 2.05) is 0 Å². The van der Waals surface area contributed by atoms with E-state index in [0.29, 0.717) is 0 Å². The molecule has 0 aliphatic carbocycles. The Bertz CT molecular complexity index is 270. The van der Waals surface area contributed by atoms with Gasteiger partial charge < -0.3 is 40.9 Å². The lowest BCUT2D eigenvalue weighted by Crippen LogP contribution is -1.98. The third kappa shape index (κ3) is 83.1. The van der Waals surface area contributed by atoms with E-state index in [4.69, 9.17) is 50.4 Å². The van der Waals surface area contributed by atoms with Gasteiger partial charge in [-0.05, 0) is 0 Å². The van der Waals surface area contributed by atoms with Crippen molar-refractivity contribution in [1.82, 2.24) is 0 Å². The van der Waals surface area contributed by atoms with E-state index in [0.717, 1.165) is 0 Å². The number of rotatable bonds is 6. The summed E-state index contributed by atoms with van der Waals surface area (Å²) in [6.07, 6.45) is -0.306. The van der Waals surface area contributed by atoms with Crippen LogP contribution in [0.4, 0.5) is 0 Å². The summed E-state index contributed by atoms with van der Waals surface area (Å²) in [5.41, 5.74) is 0. The average molecular weight is 332 g/mol. The molecule has 0 rings (SSSR count). The van der Waals surface area contributed by atoms with E-state index < -0.39 is 37.1 Å². The molecule has 0 fully saturated rings. The summed E-state index contributed by atoms with van der Waals surface area (Å²) in [7, 11) is 0. The first-order valence-electron chi connectivity index (χ1n) is 5.39. The van der Waals surface area contributed by atoms with Crippen molar-refractivity contribution in [3.05, 3.63) is 0 Å². The molecule has 0 aliphatic heterocycles.